The first-order valence-corrected chi connectivity index (χ1v) is 7.23. The molecule has 4 heteroatoms. The summed E-state index contributed by atoms with van der Waals surface area (Å²) in [7, 11) is 1.62. The molecule has 0 fully saturated rings. The lowest BCUT2D eigenvalue weighted by Gasteiger charge is -2.04. The zero-order valence-corrected chi connectivity index (χ0v) is 12.7. The van der Waals surface area contributed by atoms with Crippen LogP contribution in [0.25, 0.3) is 10.8 Å². The van der Waals surface area contributed by atoms with E-state index in [4.69, 9.17) is 4.74 Å². The Morgan fingerprint density at radius 3 is 2.52 bits per heavy atom. The Bertz CT molecular complexity index is 849. The third-order valence-electron chi connectivity index (χ3n) is 3.53. The van der Waals surface area contributed by atoms with Gasteiger partial charge < -0.3 is 4.74 Å². The van der Waals surface area contributed by atoms with Gasteiger partial charge in [-0.05, 0) is 46.7 Å². The molecule has 0 saturated heterocycles. The van der Waals surface area contributed by atoms with Crippen LogP contribution in [0.5, 0.6) is 5.75 Å². The molecule has 0 unspecified atom stereocenters. The zero-order chi connectivity index (χ0) is 16.1. The smallest absolute Gasteiger partial charge is 0.271 e. The van der Waals surface area contributed by atoms with E-state index in [0.717, 1.165) is 22.1 Å². The van der Waals surface area contributed by atoms with E-state index in [-0.39, 0.29) is 5.91 Å². The van der Waals surface area contributed by atoms with Crippen LogP contribution in [0, 0.1) is 0 Å². The molecule has 0 aromatic heterocycles. The van der Waals surface area contributed by atoms with Crippen molar-refractivity contribution in [1.82, 2.24) is 5.43 Å². The van der Waals surface area contributed by atoms with Crippen LogP contribution in [0.1, 0.15) is 15.9 Å². The van der Waals surface area contributed by atoms with Crippen LogP contribution in [0.15, 0.2) is 71.8 Å². The van der Waals surface area contributed by atoms with E-state index < -0.39 is 0 Å². The van der Waals surface area contributed by atoms with Crippen LogP contribution >= 0.6 is 0 Å². The van der Waals surface area contributed by atoms with Crippen molar-refractivity contribution >= 4 is 22.9 Å². The molecule has 0 radical (unpaired) electrons. The Hall–Kier alpha value is -3.14. The molecule has 1 N–H and O–H groups in total. The molecule has 0 bridgehead atoms. The minimum atomic E-state index is -0.230. The fourth-order valence-electron chi connectivity index (χ4n) is 2.34. The fourth-order valence-corrected chi connectivity index (χ4v) is 2.34. The topological polar surface area (TPSA) is 50.7 Å². The number of carbonyl (C=O) groups is 1. The van der Waals surface area contributed by atoms with Gasteiger partial charge in [0.15, 0.2) is 0 Å². The monoisotopic (exact) mass is 304 g/mol. The number of benzene rings is 3. The highest BCUT2D eigenvalue weighted by Crippen LogP contribution is 2.18. The minimum Gasteiger partial charge on any atom is -0.497 e. The van der Waals surface area contributed by atoms with Crippen molar-refractivity contribution < 1.29 is 9.53 Å². The number of hydrogen-bond donors (Lipinski definition) is 1. The quantitative estimate of drug-likeness (QED) is 0.591. The lowest BCUT2D eigenvalue weighted by atomic mass is 10.0. The van der Waals surface area contributed by atoms with Crippen molar-refractivity contribution in [2.45, 2.75) is 0 Å². The highest BCUT2D eigenvalue weighted by Gasteiger charge is 2.08. The number of hydrogen-bond acceptors (Lipinski definition) is 3. The van der Waals surface area contributed by atoms with Crippen LogP contribution in [0.2, 0.25) is 0 Å². The predicted octanol–water partition coefficient (Wildman–Crippen LogP) is 3.61. The van der Waals surface area contributed by atoms with E-state index in [9.17, 15) is 4.79 Å². The molecular weight excluding hydrogens is 288 g/mol. The number of rotatable bonds is 4. The summed E-state index contributed by atoms with van der Waals surface area (Å²) in [5.74, 6) is 0.550. The molecule has 3 rings (SSSR count). The summed E-state index contributed by atoms with van der Waals surface area (Å²) < 4.78 is 5.10. The minimum absolute atomic E-state index is 0.230. The van der Waals surface area contributed by atoms with Crippen LogP contribution in [0.3, 0.4) is 0 Å². The first-order chi connectivity index (χ1) is 11.3. The summed E-state index contributed by atoms with van der Waals surface area (Å²) in [5, 5.41) is 5.95. The lowest BCUT2D eigenvalue weighted by molar-refractivity contribution is 0.0957. The van der Waals surface area contributed by atoms with Gasteiger partial charge in [-0.25, -0.2) is 5.43 Å². The Labute approximate surface area is 134 Å². The summed E-state index contributed by atoms with van der Waals surface area (Å²) in [6.07, 6.45) is 1.60. The second-order valence-electron chi connectivity index (χ2n) is 5.00. The largest absolute Gasteiger partial charge is 0.497 e. The number of carbonyl (C=O) groups excluding carboxylic acids is 1. The maximum absolute atomic E-state index is 12.3. The number of nitrogens with zero attached hydrogens (tertiary/aromatic N) is 1. The van der Waals surface area contributed by atoms with Crippen LogP contribution in [0.4, 0.5) is 0 Å². The number of nitrogens with one attached hydrogen (secondary N) is 1. The highest BCUT2D eigenvalue weighted by atomic mass is 16.5. The van der Waals surface area contributed by atoms with Gasteiger partial charge in [0.1, 0.15) is 5.75 Å². The van der Waals surface area contributed by atoms with Gasteiger partial charge >= 0.3 is 0 Å². The zero-order valence-electron chi connectivity index (χ0n) is 12.7. The maximum atomic E-state index is 12.3. The molecule has 3 aromatic carbocycles. The SMILES string of the molecule is COc1ccc(/C=N/NC(=O)c2cccc3ccccc23)cc1. The maximum Gasteiger partial charge on any atom is 0.271 e. The summed E-state index contributed by atoms with van der Waals surface area (Å²) in [6, 6.07) is 20.8. The molecule has 0 aliphatic rings. The molecule has 23 heavy (non-hydrogen) atoms. The van der Waals surface area contributed by atoms with Gasteiger partial charge in [-0.1, -0.05) is 36.4 Å². The number of hydrazone groups is 1. The Balaban J connectivity index is 1.74. The van der Waals surface area contributed by atoms with E-state index in [1.54, 1.807) is 19.4 Å². The molecule has 3 aromatic rings. The summed E-state index contributed by atoms with van der Waals surface area (Å²) in [5.41, 5.74) is 4.05. The summed E-state index contributed by atoms with van der Waals surface area (Å²) >= 11 is 0. The Morgan fingerprint density at radius 2 is 1.74 bits per heavy atom. The molecule has 0 aliphatic carbocycles. The highest BCUT2D eigenvalue weighted by molar-refractivity contribution is 6.07. The Kier molecular flexibility index (Phi) is 4.34. The van der Waals surface area contributed by atoms with Crippen LogP contribution in [-0.2, 0) is 0 Å². The molecular formula is C19H16N2O2. The van der Waals surface area contributed by atoms with E-state index in [1.807, 2.05) is 60.7 Å². The van der Waals surface area contributed by atoms with Crippen molar-refractivity contribution in [1.29, 1.82) is 0 Å². The molecule has 4 nitrogen and oxygen atoms in total. The van der Waals surface area contributed by atoms with Gasteiger partial charge in [0.05, 0.1) is 13.3 Å². The lowest BCUT2D eigenvalue weighted by Crippen LogP contribution is -2.17. The van der Waals surface area contributed by atoms with E-state index in [2.05, 4.69) is 10.5 Å². The van der Waals surface area contributed by atoms with Gasteiger partial charge in [0.25, 0.3) is 5.91 Å². The van der Waals surface area contributed by atoms with E-state index in [0.29, 0.717) is 5.56 Å². The first kappa shape index (κ1) is 14.8. The molecule has 0 aliphatic heterocycles. The average Bonchev–Trinajstić information content (AvgIpc) is 2.61. The van der Waals surface area contributed by atoms with Crippen molar-refractivity contribution in [2.75, 3.05) is 7.11 Å². The molecule has 114 valence electrons. The fraction of sp³-hybridized carbons (Fsp3) is 0.0526. The van der Waals surface area contributed by atoms with Crippen molar-refractivity contribution in [2.24, 2.45) is 5.10 Å². The molecule has 0 atom stereocenters. The predicted molar refractivity (Wildman–Crippen MR) is 92.0 cm³/mol. The second-order valence-corrected chi connectivity index (χ2v) is 5.00. The van der Waals surface area contributed by atoms with Gasteiger partial charge in [-0.2, -0.15) is 5.10 Å². The van der Waals surface area contributed by atoms with Gasteiger partial charge in [-0.3, -0.25) is 4.79 Å². The number of ether oxygens (including phenoxy) is 1. The molecule has 0 spiro atoms. The molecule has 0 heterocycles. The van der Waals surface area contributed by atoms with Gasteiger partial charge in [0, 0.05) is 5.56 Å². The third kappa shape index (κ3) is 3.37. The van der Waals surface area contributed by atoms with Crippen molar-refractivity contribution in [3.05, 3.63) is 77.9 Å². The average molecular weight is 304 g/mol. The number of methoxy groups -OCH3 is 1. The van der Waals surface area contributed by atoms with Crippen molar-refractivity contribution in [3.63, 3.8) is 0 Å². The summed E-state index contributed by atoms with van der Waals surface area (Å²) in [6.45, 7) is 0. The van der Waals surface area contributed by atoms with E-state index >= 15 is 0 Å². The van der Waals surface area contributed by atoms with E-state index in [1.165, 1.54) is 0 Å². The number of fused-ring (bicyclic) bond motifs is 1. The standard InChI is InChI=1S/C19H16N2O2/c1-23-16-11-9-14(10-12-16)13-20-21-19(22)18-8-4-6-15-5-2-3-7-17(15)18/h2-13H,1H3,(H,21,22)/b20-13+. The second kappa shape index (κ2) is 6.75. The first-order valence-electron chi connectivity index (χ1n) is 7.23. The van der Waals surface area contributed by atoms with Crippen LogP contribution in [-0.4, -0.2) is 19.2 Å². The number of amides is 1. The Morgan fingerprint density at radius 1 is 1.00 bits per heavy atom. The van der Waals surface area contributed by atoms with Crippen molar-refractivity contribution in [3.8, 4) is 5.75 Å². The van der Waals surface area contributed by atoms with Crippen LogP contribution < -0.4 is 10.2 Å². The molecule has 0 saturated carbocycles. The van der Waals surface area contributed by atoms with Gasteiger partial charge in [-0.15, -0.1) is 0 Å². The summed E-state index contributed by atoms with van der Waals surface area (Å²) in [4.78, 5) is 12.3. The van der Waals surface area contributed by atoms with Gasteiger partial charge in [0.2, 0.25) is 0 Å². The third-order valence-corrected chi connectivity index (χ3v) is 3.53. The normalized spacial score (nSPS) is 10.8. The molecule has 1 amide bonds.